The van der Waals surface area contributed by atoms with Crippen LogP contribution in [0.1, 0.15) is 37.6 Å². The third kappa shape index (κ3) is 4.87. The summed E-state index contributed by atoms with van der Waals surface area (Å²) in [6.07, 6.45) is 1.52. The molecule has 0 saturated heterocycles. The summed E-state index contributed by atoms with van der Waals surface area (Å²) in [5.74, 6) is 0.218. The number of carbonyl (C=O) groups is 1. The Hall–Kier alpha value is -1.55. The quantitative estimate of drug-likeness (QED) is 0.563. The van der Waals surface area contributed by atoms with E-state index in [9.17, 15) is 4.79 Å². The van der Waals surface area contributed by atoms with E-state index in [0.717, 1.165) is 12.2 Å². The van der Waals surface area contributed by atoms with Crippen LogP contribution >= 0.6 is 0 Å². The molecule has 0 aliphatic heterocycles. The third-order valence-corrected chi connectivity index (χ3v) is 1.85. The Bertz CT molecular complexity index is 343. The molecule has 0 spiro atoms. The van der Waals surface area contributed by atoms with Crippen molar-refractivity contribution in [2.75, 3.05) is 6.61 Å². The van der Waals surface area contributed by atoms with Crippen LogP contribution in [-0.4, -0.2) is 12.6 Å². The predicted octanol–water partition coefficient (Wildman–Crippen LogP) is 3.14. The van der Waals surface area contributed by atoms with Gasteiger partial charge in [-0.3, -0.25) is 4.89 Å². The number of hydrogen-bond acceptors (Lipinski definition) is 4. The number of carbonyl (C=O) groups excluding carboxylic acids is 1. The van der Waals surface area contributed by atoms with Crippen LogP contribution in [0.4, 0.5) is 0 Å². The molecule has 0 atom stereocenters. The van der Waals surface area contributed by atoms with Crippen molar-refractivity contribution in [1.82, 2.24) is 0 Å². The van der Waals surface area contributed by atoms with Crippen molar-refractivity contribution in [3.05, 3.63) is 35.9 Å². The topological polar surface area (TPSA) is 44.8 Å². The molecule has 17 heavy (non-hydrogen) atoms. The fraction of sp³-hybridized carbons (Fsp3) is 0.385. The van der Waals surface area contributed by atoms with Crippen molar-refractivity contribution in [2.24, 2.45) is 0 Å². The van der Waals surface area contributed by atoms with E-state index < -0.39 is 5.97 Å². The van der Waals surface area contributed by atoms with Crippen molar-refractivity contribution in [1.29, 1.82) is 0 Å². The highest BCUT2D eigenvalue weighted by atomic mass is 17.2. The molecule has 0 N–H and O–H groups in total. The van der Waals surface area contributed by atoms with E-state index in [1.54, 1.807) is 38.1 Å². The van der Waals surface area contributed by atoms with Gasteiger partial charge < -0.3 is 4.74 Å². The van der Waals surface area contributed by atoms with E-state index in [4.69, 9.17) is 4.74 Å². The van der Waals surface area contributed by atoms with Crippen molar-refractivity contribution >= 4 is 5.97 Å². The number of ether oxygens (including phenoxy) is 1. The Morgan fingerprint density at radius 3 is 2.29 bits per heavy atom. The van der Waals surface area contributed by atoms with Gasteiger partial charge in [0.25, 0.3) is 0 Å². The summed E-state index contributed by atoms with van der Waals surface area (Å²) in [7, 11) is 0. The zero-order valence-electron chi connectivity index (χ0n) is 10.4. The smallest absolute Gasteiger partial charge is 0.373 e. The first-order valence-electron chi connectivity index (χ1n) is 5.55. The summed E-state index contributed by atoms with van der Waals surface area (Å²) in [6.45, 7) is 6.10. The molecule has 0 heterocycles. The molecular weight excluding hydrogens is 220 g/mol. The van der Waals surface area contributed by atoms with E-state index in [1.165, 1.54) is 0 Å². The Morgan fingerprint density at radius 1 is 1.12 bits per heavy atom. The number of rotatable bonds is 6. The first kappa shape index (κ1) is 13.5. The van der Waals surface area contributed by atoms with E-state index in [1.807, 2.05) is 6.92 Å². The van der Waals surface area contributed by atoms with Crippen molar-refractivity contribution in [2.45, 2.75) is 27.2 Å². The van der Waals surface area contributed by atoms with E-state index in [0.29, 0.717) is 18.3 Å². The van der Waals surface area contributed by atoms with Crippen LogP contribution in [0.15, 0.2) is 24.3 Å². The SMILES string of the molecule is CCCOc1ccc(C(=O)OO[C](C)C)cc1. The van der Waals surface area contributed by atoms with Crippen LogP contribution in [0.2, 0.25) is 0 Å². The van der Waals surface area contributed by atoms with Gasteiger partial charge in [-0.1, -0.05) is 6.92 Å². The van der Waals surface area contributed by atoms with Crippen LogP contribution in [0.5, 0.6) is 5.75 Å². The molecule has 1 rings (SSSR count). The molecule has 0 aliphatic rings. The van der Waals surface area contributed by atoms with Gasteiger partial charge in [-0.25, -0.2) is 4.79 Å². The molecule has 1 aromatic carbocycles. The van der Waals surface area contributed by atoms with Crippen LogP contribution in [-0.2, 0) is 9.78 Å². The van der Waals surface area contributed by atoms with Crippen LogP contribution in [0.25, 0.3) is 0 Å². The molecule has 0 aliphatic carbocycles. The summed E-state index contributed by atoms with van der Waals surface area (Å²) in [5.41, 5.74) is 0.426. The van der Waals surface area contributed by atoms with Gasteiger partial charge in [0, 0.05) is 0 Å². The highest BCUT2D eigenvalue weighted by Gasteiger charge is 2.09. The average molecular weight is 237 g/mol. The van der Waals surface area contributed by atoms with Crippen molar-refractivity contribution in [3.8, 4) is 5.75 Å². The highest BCUT2D eigenvalue weighted by molar-refractivity contribution is 5.89. The van der Waals surface area contributed by atoms with Gasteiger partial charge >= 0.3 is 5.97 Å². The molecule has 4 nitrogen and oxygen atoms in total. The molecule has 93 valence electrons. The first-order chi connectivity index (χ1) is 8.13. The first-order valence-corrected chi connectivity index (χ1v) is 5.55. The maximum atomic E-state index is 11.5. The molecule has 0 amide bonds. The lowest BCUT2D eigenvalue weighted by atomic mass is 10.2. The van der Waals surface area contributed by atoms with E-state index in [-0.39, 0.29) is 0 Å². The normalized spacial score (nSPS) is 10.4. The Labute approximate surface area is 101 Å². The van der Waals surface area contributed by atoms with E-state index >= 15 is 0 Å². The van der Waals surface area contributed by atoms with Gasteiger partial charge in [-0.2, -0.15) is 4.89 Å². The molecule has 0 aromatic heterocycles. The van der Waals surface area contributed by atoms with Crippen LogP contribution < -0.4 is 4.74 Å². The summed E-state index contributed by atoms with van der Waals surface area (Å²) in [6, 6.07) is 6.74. The summed E-state index contributed by atoms with van der Waals surface area (Å²) in [4.78, 5) is 20.8. The molecule has 1 aromatic rings. The van der Waals surface area contributed by atoms with Crippen molar-refractivity contribution in [3.63, 3.8) is 0 Å². The second-order valence-corrected chi connectivity index (χ2v) is 3.74. The van der Waals surface area contributed by atoms with E-state index in [2.05, 4.69) is 9.78 Å². The number of hydrogen-bond donors (Lipinski definition) is 0. The molecule has 0 saturated carbocycles. The molecule has 0 fully saturated rings. The molecular formula is C13H17O4. The second kappa shape index (κ2) is 6.91. The third-order valence-electron chi connectivity index (χ3n) is 1.85. The van der Waals surface area contributed by atoms with Gasteiger partial charge in [-0.15, -0.1) is 0 Å². The largest absolute Gasteiger partial charge is 0.494 e. The van der Waals surface area contributed by atoms with Gasteiger partial charge in [0.1, 0.15) is 11.9 Å². The molecule has 4 heteroatoms. The van der Waals surface area contributed by atoms with Crippen LogP contribution in [0, 0.1) is 6.10 Å². The highest BCUT2D eigenvalue weighted by Crippen LogP contribution is 2.13. The lowest BCUT2D eigenvalue weighted by Gasteiger charge is -2.06. The molecule has 1 radical (unpaired) electrons. The van der Waals surface area contributed by atoms with Gasteiger partial charge in [0.05, 0.1) is 12.2 Å². The Kier molecular flexibility index (Phi) is 5.49. The predicted molar refractivity (Wildman–Crippen MR) is 63.3 cm³/mol. The van der Waals surface area contributed by atoms with Crippen molar-refractivity contribution < 1.29 is 19.3 Å². The second-order valence-electron chi connectivity index (χ2n) is 3.74. The fourth-order valence-corrected chi connectivity index (χ4v) is 1.08. The van der Waals surface area contributed by atoms with Gasteiger partial charge in [-0.05, 0) is 44.5 Å². The zero-order chi connectivity index (χ0) is 12.7. The minimum absolute atomic E-state index is 0.426. The Balaban J connectivity index is 2.51. The zero-order valence-corrected chi connectivity index (χ0v) is 10.4. The molecule has 0 unspecified atom stereocenters. The lowest BCUT2D eigenvalue weighted by molar-refractivity contribution is -0.229. The lowest BCUT2D eigenvalue weighted by Crippen LogP contribution is -2.07. The van der Waals surface area contributed by atoms with Gasteiger partial charge in [0.15, 0.2) is 0 Å². The monoisotopic (exact) mass is 237 g/mol. The maximum absolute atomic E-state index is 11.5. The summed E-state index contributed by atoms with van der Waals surface area (Å²) >= 11 is 0. The number of benzene rings is 1. The standard InChI is InChI=1S/C13H17O4/c1-4-9-15-12-7-5-11(6-8-12)13(14)17-16-10(2)3/h5-8H,4,9H2,1-3H3. The summed E-state index contributed by atoms with van der Waals surface area (Å²) in [5, 5.41) is 0. The average Bonchev–Trinajstić information content (AvgIpc) is 2.34. The fourth-order valence-electron chi connectivity index (χ4n) is 1.08. The van der Waals surface area contributed by atoms with Gasteiger partial charge in [0.2, 0.25) is 0 Å². The minimum Gasteiger partial charge on any atom is -0.494 e. The molecule has 0 bridgehead atoms. The minimum atomic E-state index is -0.520. The van der Waals surface area contributed by atoms with Crippen LogP contribution in [0.3, 0.4) is 0 Å². The maximum Gasteiger partial charge on any atom is 0.373 e. The Morgan fingerprint density at radius 2 is 1.76 bits per heavy atom. The summed E-state index contributed by atoms with van der Waals surface area (Å²) < 4.78 is 5.40.